The summed E-state index contributed by atoms with van der Waals surface area (Å²) in [6.45, 7) is 8.43. The van der Waals surface area contributed by atoms with Crippen LogP contribution >= 0.6 is 0 Å². The third kappa shape index (κ3) is 3.83. The molecule has 1 heterocycles. The van der Waals surface area contributed by atoms with Gasteiger partial charge in [0.25, 0.3) is 0 Å². The second-order valence-corrected chi connectivity index (χ2v) is 7.40. The first-order valence-electron chi connectivity index (χ1n) is 5.94. The Balaban J connectivity index is 2.71. The van der Waals surface area contributed by atoms with Gasteiger partial charge in [0.15, 0.2) is 0 Å². The predicted molar refractivity (Wildman–Crippen MR) is 70.5 cm³/mol. The molecule has 0 aromatic carbocycles. The average molecular weight is 274 g/mol. The molecule has 6 heteroatoms. The van der Waals surface area contributed by atoms with Crippen LogP contribution in [0.3, 0.4) is 0 Å². The van der Waals surface area contributed by atoms with Crippen molar-refractivity contribution in [1.82, 2.24) is 9.71 Å². The number of aromatic nitrogens is 1. The molecule has 1 atom stereocenters. The zero-order chi connectivity index (χ0) is 14.0. The molecular weight excluding hydrogens is 252 g/mol. The molecule has 1 rings (SSSR count). The van der Waals surface area contributed by atoms with Crippen molar-refractivity contribution in [2.75, 3.05) is 6.54 Å². The van der Waals surface area contributed by atoms with Crippen LogP contribution < -0.4 is 4.72 Å². The maximum Gasteiger partial charge on any atom is 0.242 e. The van der Waals surface area contributed by atoms with E-state index in [4.69, 9.17) is 5.11 Å². The highest BCUT2D eigenvalue weighted by atomic mass is 32.2. The van der Waals surface area contributed by atoms with Gasteiger partial charge >= 0.3 is 0 Å². The Morgan fingerprint density at radius 3 is 2.50 bits per heavy atom. The monoisotopic (exact) mass is 274 g/mol. The summed E-state index contributed by atoms with van der Waals surface area (Å²) in [6, 6.07) is 1.43. The number of hydrogen-bond acceptors (Lipinski definition) is 3. The first-order valence-corrected chi connectivity index (χ1v) is 7.43. The zero-order valence-corrected chi connectivity index (χ0v) is 12.1. The van der Waals surface area contributed by atoms with Gasteiger partial charge in [-0.1, -0.05) is 27.7 Å². The van der Waals surface area contributed by atoms with Crippen LogP contribution in [0.5, 0.6) is 0 Å². The second-order valence-electron chi connectivity index (χ2n) is 5.64. The SMILES string of the molecule is CC(CNS(=O)(=O)c1c[nH]c(CO)c1)C(C)(C)C. The van der Waals surface area contributed by atoms with Gasteiger partial charge in [-0.05, 0) is 17.4 Å². The minimum atomic E-state index is -3.50. The fourth-order valence-electron chi connectivity index (χ4n) is 1.29. The highest BCUT2D eigenvalue weighted by Gasteiger charge is 2.23. The first-order chi connectivity index (χ1) is 8.16. The van der Waals surface area contributed by atoms with Gasteiger partial charge in [0, 0.05) is 18.4 Å². The summed E-state index contributed by atoms with van der Waals surface area (Å²) < 4.78 is 26.5. The van der Waals surface area contributed by atoms with Crippen LogP contribution in [-0.4, -0.2) is 25.1 Å². The zero-order valence-electron chi connectivity index (χ0n) is 11.3. The summed E-state index contributed by atoms with van der Waals surface area (Å²) in [7, 11) is -3.50. The molecule has 1 aromatic rings. The average Bonchev–Trinajstić information content (AvgIpc) is 2.73. The number of aliphatic hydroxyl groups excluding tert-OH is 1. The highest BCUT2D eigenvalue weighted by molar-refractivity contribution is 7.89. The van der Waals surface area contributed by atoms with Crippen molar-refractivity contribution in [3.63, 3.8) is 0 Å². The minimum Gasteiger partial charge on any atom is -0.390 e. The molecule has 0 saturated heterocycles. The molecule has 0 fully saturated rings. The molecular formula is C12H22N2O3S. The Labute approximate surface area is 109 Å². The quantitative estimate of drug-likeness (QED) is 0.760. The number of hydrogen-bond donors (Lipinski definition) is 3. The molecule has 0 aliphatic carbocycles. The van der Waals surface area contributed by atoms with E-state index in [0.29, 0.717) is 12.2 Å². The smallest absolute Gasteiger partial charge is 0.242 e. The Bertz CT molecular complexity index is 486. The van der Waals surface area contributed by atoms with Crippen molar-refractivity contribution in [2.24, 2.45) is 11.3 Å². The topological polar surface area (TPSA) is 82.2 Å². The summed E-state index contributed by atoms with van der Waals surface area (Å²) in [5, 5.41) is 8.89. The molecule has 1 aromatic heterocycles. The normalized spacial score (nSPS) is 14.7. The maximum absolute atomic E-state index is 12.0. The molecule has 3 N–H and O–H groups in total. The number of nitrogens with one attached hydrogen (secondary N) is 2. The lowest BCUT2D eigenvalue weighted by molar-refractivity contribution is 0.263. The van der Waals surface area contributed by atoms with Crippen molar-refractivity contribution in [3.8, 4) is 0 Å². The number of sulfonamides is 1. The van der Waals surface area contributed by atoms with Gasteiger partial charge in [-0.15, -0.1) is 0 Å². The van der Waals surface area contributed by atoms with Crippen molar-refractivity contribution < 1.29 is 13.5 Å². The molecule has 18 heavy (non-hydrogen) atoms. The van der Waals surface area contributed by atoms with Crippen LogP contribution in [0.1, 0.15) is 33.4 Å². The van der Waals surface area contributed by atoms with E-state index in [0.717, 1.165) is 0 Å². The van der Waals surface area contributed by atoms with Gasteiger partial charge in [-0.3, -0.25) is 0 Å². The molecule has 5 nitrogen and oxygen atoms in total. The first kappa shape index (κ1) is 15.2. The van der Waals surface area contributed by atoms with Gasteiger partial charge in [0.2, 0.25) is 10.0 Å². The summed E-state index contributed by atoms with van der Waals surface area (Å²) in [4.78, 5) is 2.87. The largest absolute Gasteiger partial charge is 0.390 e. The van der Waals surface area contributed by atoms with E-state index < -0.39 is 10.0 Å². The van der Waals surface area contributed by atoms with Crippen molar-refractivity contribution in [2.45, 2.75) is 39.2 Å². The molecule has 0 saturated carbocycles. The molecule has 0 aliphatic heterocycles. The van der Waals surface area contributed by atoms with E-state index in [1.165, 1.54) is 12.3 Å². The van der Waals surface area contributed by atoms with E-state index in [-0.39, 0.29) is 22.8 Å². The van der Waals surface area contributed by atoms with Crippen LogP contribution in [0.4, 0.5) is 0 Å². The Kier molecular flexibility index (Phi) is 4.58. The predicted octanol–water partition coefficient (Wildman–Crippen LogP) is 1.47. The van der Waals surface area contributed by atoms with Gasteiger partial charge in [-0.25, -0.2) is 13.1 Å². The van der Waals surface area contributed by atoms with Crippen LogP contribution in [0, 0.1) is 11.3 Å². The van der Waals surface area contributed by atoms with Crippen LogP contribution in [0.15, 0.2) is 17.2 Å². The van der Waals surface area contributed by atoms with Crippen LogP contribution in [-0.2, 0) is 16.6 Å². The summed E-state index contributed by atoms with van der Waals surface area (Å²) in [5.41, 5.74) is 0.538. The number of aliphatic hydroxyl groups is 1. The molecule has 0 radical (unpaired) electrons. The summed E-state index contributed by atoms with van der Waals surface area (Å²) >= 11 is 0. The van der Waals surface area contributed by atoms with Gasteiger partial charge in [0.1, 0.15) is 0 Å². The van der Waals surface area contributed by atoms with Crippen molar-refractivity contribution in [1.29, 1.82) is 0 Å². The third-order valence-corrected chi connectivity index (χ3v) is 4.66. The lowest BCUT2D eigenvalue weighted by Crippen LogP contribution is -2.33. The Morgan fingerprint density at radius 1 is 1.44 bits per heavy atom. The number of rotatable bonds is 5. The van der Waals surface area contributed by atoms with Crippen LogP contribution in [0.25, 0.3) is 0 Å². The Morgan fingerprint density at radius 2 is 2.06 bits per heavy atom. The third-order valence-electron chi connectivity index (χ3n) is 3.25. The molecule has 0 bridgehead atoms. The van der Waals surface area contributed by atoms with E-state index in [1.807, 2.05) is 6.92 Å². The molecule has 104 valence electrons. The second kappa shape index (κ2) is 5.42. The lowest BCUT2D eigenvalue weighted by atomic mass is 9.82. The molecule has 0 spiro atoms. The highest BCUT2D eigenvalue weighted by Crippen LogP contribution is 2.24. The van der Waals surface area contributed by atoms with Gasteiger partial charge in [0.05, 0.1) is 11.5 Å². The van der Waals surface area contributed by atoms with Crippen molar-refractivity contribution in [3.05, 3.63) is 18.0 Å². The summed E-state index contributed by atoms with van der Waals surface area (Å²) in [6.07, 6.45) is 1.38. The van der Waals surface area contributed by atoms with E-state index in [1.54, 1.807) is 0 Å². The maximum atomic E-state index is 12.0. The van der Waals surface area contributed by atoms with Crippen LogP contribution in [0.2, 0.25) is 0 Å². The molecule has 1 unspecified atom stereocenters. The lowest BCUT2D eigenvalue weighted by Gasteiger charge is -2.27. The van der Waals surface area contributed by atoms with Gasteiger partial charge < -0.3 is 10.1 Å². The fraction of sp³-hybridized carbons (Fsp3) is 0.667. The standard InChI is InChI=1S/C12H22N2O3S/c1-9(12(2,3)4)6-14-18(16,17)11-5-10(8-15)13-7-11/h5,7,9,13-15H,6,8H2,1-4H3. The molecule has 0 aliphatic rings. The van der Waals surface area contributed by atoms with E-state index >= 15 is 0 Å². The molecule has 0 amide bonds. The Hall–Kier alpha value is -0.850. The minimum absolute atomic E-state index is 0.0525. The fourth-order valence-corrected chi connectivity index (χ4v) is 2.44. The van der Waals surface area contributed by atoms with E-state index in [9.17, 15) is 8.42 Å². The van der Waals surface area contributed by atoms with Crippen molar-refractivity contribution >= 4 is 10.0 Å². The van der Waals surface area contributed by atoms with E-state index in [2.05, 4.69) is 30.5 Å². The number of H-pyrrole nitrogens is 1. The summed E-state index contributed by atoms with van der Waals surface area (Å²) in [5.74, 6) is 0.225. The van der Waals surface area contributed by atoms with Gasteiger partial charge in [-0.2, -0.15) is 0 Å². The number of aromatic amines is 1.